The van der Waals surface area contributed by atoms with Crippen molar-refractivity contribution in [2.75, 3.05) is 26.8 Å². The lowest BCUT2D eigenvalue weighted by molar-refractivity contribution is -0.150. The standard InChI is InChI=1S/C19H25NO5/c1-19(18(22)23)8-3-9-20(12-19)17(21)15-7-6-14(24-2)10-16(15)25-11-13-4-5-13/h6-7,10,13H,3-5,8-9,11-12H2,1-2H3,(H,22,23). The third-order valence-corrected chi connectivity index (χ3v) is 5.09. The van der Waals surface area contributed by atoms with Crippen molar-refractivity contribution in [2.24, 2.45) is 11.3 Å². The molecule has 1 atom stereocenters. The Morgan fingerprint density at radius 3 is 2.76 bits per heavy atom. The number of amides is 1. The number of rotatable bonds is 6. The Kier molecular flexibility index (Phi) is 4.88. The van der Waals surface area contributed by atoms with Gasteiger partial charge in [-0.2, -0.15) is 0 Å². The number of aliphatic carboxylic acids is 1. The van der Waals surface area contributed by atoms with Crippen LogP contribution in [0.5, 0.6) is 11.5 Å². The molecule has 3 rings (SSSR count). The molecular formula is C19H25NO5. The zero-order valence-electron chi connectivity index (χ0n) is 14.8. The molecule has 2 aliphatic rings. The van der Waals surface area contributed by atoms with Gasteiger partial charge in [-0.1, -0.05) is 0 Å². The van der Waals surface area contributed by atoms with Crippen LogP contribution in [0.4, 0.5) is 0 Å². The third-order valence-electron chi connectivity index (χ3n) is 5.09. The predicted molar refractivity (Wildman–Crippen MR) is 92.1 cm³/mol. The summed E-state index contributed by atoms with van der Waals surface area (Å²) < 4.78 is 11.1. The van der Waals surface area contributed by atoms with Crippen LogP contribution < -0.4 is 9.47 Å². The first-order valence-electron chi connectivity index (χ1n) is 8.76. The van der Waals surface area contributed by atoms with E-state index in [1.54, 1.807) is 37.1 Å². The summed E-state index contributed by atoms with van der Waals surface area (Å²) in [5.41, 5.74) is -0.425. The average molecular weight is 347 g/mol. The molecule has 1 aromatic carbocycles. The molecule has 1 N–H and O–H groups in total. The van der Waals surface area contributed by atoms with Crippen LogP contribution in [-0.4, -0.2) is 48.7 Å². The van der Waals surface area contributed by atoms with Crippen molar-refractivity contribution in [3.8, 4) is 11.5 Å². The van der Waals surface area contributed by atoms with E-state index in [0.717, 1.165) is 12.8 Å². The Labute approximate surface area is 147 Å². The molecule has 1 saturated heterocycles. The van der Waals surface area contributed by atoms with Crippen LogP contribution in [0, 0.1) is 11.3 Å². The van der Waals surface area contributed by atoms with E-state index in [1.165, 1.54) is 0 Å². The maximum absolute atomic E-state index is 13.0. The van der Waals surface area contributed by atoms with Gasteiger partial charge in [0.2, 0.25) is 0 Å². The number of carbonyl (C=O) groups is 2. The third kappa shape index (κ3) is 3.89. The summed E-state index contributed by atoms with van der Waals surface area (Å²) >= 11 is 0. The van der Waals surface area contributed by atoms with Crippen molar-refractivity contribution in [1.29, 1.82) is 0 Å². The van der Waals surface area contributed by atoms with Crippen LogP contribution in [0.3, 0.4) is 0 Å². The molecule has 1 aliphatic carbocycles. The molecule has 1 aromatic rings. The van der Waals surface area contributed by atoms with Gasteiger partial charge in [0.15, 0.2) is 0 Å². The van der Waals surface area contributed by atoms with Crippen LogP contribution in [-0.2, 0) is 4.79 Å². The quantitative estimate of drug-likeness (QED) is 0.856. The number of piperidine rings is 1. The van der Waals surface area contributed by atoms with Crippen molar-refractivity contribution in [3.63, 3.8) is 0 Å². The van der Waals surface area contributed by atoms with Gasteiger partial charge in [0.05, 0.1) is 24.7 Å². The highest BCUT2D eigenvalue weighted by molar-refractivity contribution is 5.97. The van der Waals surface area contributed by atoms with E-state index in [2.05, 4.69) is 0 Å². The minimum absolute atomic E-state index is 0.180. The highest BCUT2D eigenvalue weighted by Gasteiger charge is 2.40. The van der Waals surface area contributed by atoms with E-state index >= 15 is 0 Å². The second kappa shape index (κ2) is 6.94. The maximum Gasteiger partial charge on any atom is 0.311 e. The van der Waals surface area contributed by atoms with E-state index in [9.17, 15) is 14.7 Å². The van der Waals surface area contributed by atoms with Crippen molar-refractivity contribution in [2.45, 2.75) is 32.6 Å². The second-order valence-electron chi connectivity index (χ2n) is 7.31. The molecule has 25 heavy (non-hydrogen) atoms. The van der Waals surface area contributed by atoms with E-state index in [4.69, 9.17) is 9.47 Å². The van der Waals surface area contributed by atoms with Crippen LogP contribution in [0.25, 0.3) is 0 Å². The molecule has 0 aromatic heterocycles. The normalized spacial score (nSPS) is 23.2. The maximum atomic E-state index is 13.0. The first-order valence-corrected chi connectivity index (χ1v) is 8.76. The second-order valence-corrected chi connectivity index (χ2v) is 7.31. The number of carboxylic acids is 1. The predicted octanol–water partition coefficient (Wildman–Crippen LogP) is 2.81. The largest absolute Gasteiger partial charge is 0.497 e. The molecule has 1 aliphatic heterocycles. The van der Waals surface area contributed by atoms with Gasteiger partial charge in [-0.3, -0.25) is 9.59 Å². The molecule has 0 bridgehead atoms. The summed E-state index contributed by atoms with van der Waals surface area (Å²) in [6.45, 7) is 3.08. The Morgan fingerprint density at radius 1 is 1.36 bits per heavy atom. The van der Waals surface area contributed by atoms with Crippen LogP contribution in [0.1, 0.15) is 43.0 Å². The van der Waals surface area contributed by atoms with Crippen LogP contribution in [0.15, 0.2) is 18.2 Å². The van der Waals surface area contributed by atoms with Crippen molar-refractivity contribution in [1.82, 2.24) is 4.90 Å². The minimum Gasteiger partial charge on any atom is -0.497 e. The molecule has 1 amide bonds. The number of likely N-dealkylation sites (tertiary alicyclic amines) is 1. The van der Waals surface area contributed by atoms with Gasteiger partial charge < -0.3 is 19.5 Å². The molecule has 1 unspecified atom stereocenters. The fourth-order valence-corrected chi connectivity index (χ4v) is 3.18. The van der Waals surface area contributed by atoms with E-state index in [-0.39, 0.29) is 12.5 Å². The van der Waals surface area contributed by atoms with Crippen molar-refractivity contribution in [3.05, 3.63) is 23.8 Å². The number of hydrogen-bond donors (Lipinski definition) is 1. The van der Waals surface area contributed by atoms with E-state index in [0.29, 0.717) is 49.0 Å². The highest BCUT2D eigenvalue weighted by Crippen LogP contribution is 2.34. The summed E-state index contributed by atoms with van der Waals surface area (Å²) in [5, 5.41) is 9.46. The van der Waals surface area contributed by atoms with Crippen LogP contribution >= 0.6 is 0 Å². The Bertz CT molecular complexity index is 670. The first kappa shape index (κ1) is 17.6. The summed E-state index contributed by atoms with van der Waals surface area (Å²) in [6.07, 6.45) is 3.59. The number of carboxylic acid groups (broad SMARTS) is 1. The molecule has 1 heterocycles. The van der Waals surface area contributed by atoms with Crippen molar-refractivity contribution < 1.29 is 24.2 Å². The lowest BCUT2D eigenvalue weighted by Gasteiger charge is -2.37. The number of nitrogens with zero attached hydrogens (tertiary/aromatic N) is 1. The van der Waals surface area contributed by atoms with E-state index < -0.39 is 11.4 Å². The summed E-state index contributed by atoms with van der Waals surface area (Å²) in [7, 11) is 1.57. The first-order chi connectivity index (χ1) is 11.9. The van der Waals surface area contributed by atoms with Gasteiger partial charge in [-0.05, 0) is 50.7 Å². The number of carbonyl (C=O) groups excluding carboxylic acids is 1. The van der Waals surface area contributed by atoms with E-state index in [1.807, 2.05) is 0 Å². The number of ether oxygens (including phenoxy) is 2. The average Bonchev–Trinajstić information content (AvgIpc) is 3.43. The topological polar surface area (TPSA) is 76.1 Å². The lowest BCUT2D eigenvalue weighted by Crippen LogP contribution is -2.48. The summed E-state index contributed by atoms with van der Waals surface area (Å²) in [5.74, 6) is 0.681. The number of benzene rings is 1. The van der Waals surface area contributed by atoms with Crippen LogP contribution in [0.2, 0.25) is 0 Å². The summed E-state index contributed by atoms with van der Waals surface area (Å²) in [4.78, 5) is 26.2. The van der Waals surface area contributed by atoms with Gasteiger partial charge >= 0.3 is 5.97 Å². The number of hydrogen-bond acceptors (Lipinski definition) is 4. The zero-order chi connectivity index (χ0) is 18.0. The Morgan fingerprint density at radius 2 is 2.12 bits per heavy atom. The minimum atomic E-state index is -0.893. The van der Waals surface area contributed by atoms with Gasteiger partial charge in [0.1, 0.15) is 11.5 Å². The Hall–Kier alpha value is -2.24. The van der Waals surface area contributed by atoms with Gasteiger partial charge in [-0.25, -0.2) is 0 Å². The summed E-state index contributed by atoms with van der Waals surface area (Å²) in [6, 6.07) is 5.17. The SMILES string of the molecule is COc1ccc(C(=O)N2CCCC(C)(C(=O)O)C2)c(OCC2CC2)c1. The Balaban J connectivity index is 1.81. The molecule has 136 valence electrons. The monoisotopic (exact) mass is 347 g/mol. The molecule has 1 saturated carbocycles. The number of methoxy groups -OCH3 is 1. The molecular weight excluding hydrogens is 322 g/mol. The van der Waals surface area contributed by atoms with Gasteiger partial charge in [0, 0.05) is 19.2 Å². The molecule has 0 radical (unpaired) electrons. The van der Waals surface area contributed by atoms with Gasteiger partial charge in [0.25, 0.3) is 5.91 Å². The smallest absolute Gasteiger partial charge is 0.311 e. The lowest BCUT2D eigenvalue weighted by atomic mass is 9.82. The van der Waals surface area contributed by atoms with Crippen molar-refractivity contribution >= 4 is 11.9 Å². The fraction of sp³-hybridized carbons (Fsp3) is 0.579. The fourth-order valence-electron chi connectivity index (χ4n) is 3.18. The molecule has 6 heteroatoms. The zero-order valence-corrected chi connectivity index (χ0v) is 14.8. The van der Waals surface area contributed by atoms with Gasteiger partial charge in [-0.15, -0.1) is 0 Å². The molecule has 6 nitrogen and oxygen atoms in total. The molecule has 0 spiro atoms. The highest BCUT2D eigenvalue weighted by atomic mass is 16.5. The molecule has 2 fully saturated rings.